The van der Waals surface area contributed by atoms with E-state index in [-0.39, 0.29) is 18.3 Å². The Morgan fingerprint density at radius 3 is 2.80 bits per heavy atom. The molecule has 3 unspecified atom stereocenters. The second-order valence-electron chi connectivity index (χ2n) is 7.28. The third kappa shape index (κ3) is 3.05. The van der Waals surface area contributed by atoms with Gasteiger partial charge in [-0.15, -0.1) is 10.6 Å². The van der Waals surface area contributed by atoms with Crippen LogP contribution < -0.4 is 21.2 Å². The highest BCUT2D eigenvalue weighted by molar-refractivity contribution is 6.33. The number of hydrazone groups is 1. The maximum absolute atomic E-state index is 6.51. The molecule has 0 bridgehead atoms. The van der Waals surface area contributed by atoms with Gasteiger partial charge in [0.1, 0.15) is 6.10 Å². The number of aromatic amines is 1. The molecule has 2 fully saturated rings. The molecule has 5 heterocycles. The first-order valence-electron chi connectivity index (χ1n) is 9.65. The smallest absolute Gasteiger partial charge is 0.296 e. The molecule has 0 radical (unpaired) electrons. The first kappa shape index (κ1) is 17.9. The van der Waals surface area contributed by atoms with Gasteiger partial charge >= 0.3 is 0 Å². The van der Waals surface area contributed by atoms with E-state index in [9.17, 15) is 0 Å². The van der Waals surface area contributed by atoms with Gasteiger partial charge in [0.2, 0.25) is 0 Å². The zero-order valence-corrected chi connectivity index (χ0v) is 16.4. The highest BCUT2D eigenvalue weighted by atomic mass is 35.5. The van der Waals surface area contributed by atoms with Gasteiger partial charge in [0.15, 0.2) is 17.6 Å². The minimum atomic E-state index is -0.184. The van der Waals surface area contributed by atoms with Gasteiger partial charge in [-0.2, -0.15) is 4.98 Å². The zero-order valence-electron chi connectivity index (χ0n) is 15.7. The number of pyridine rings is 1. The quantitative estimate of drug-likeness (QED) is 0.494. The molecule has 154 valence electrons. The van der Waals surface area contributed by atoms with Gasteiger partial charge in [-0.1, -0.05) is 35.9 Å². The molecule has 0 aliphatic carbocycles. The first-order chi connectivity index (χ1) is 14.7. The standard InChI is InChI=1S/C19H18ClN7O3/c20-11-7-12-18(23-19(21-12)30-14-8-29-13-5-6-28-16(13)14)22-15(11)9-1-3-10(4-2-9)17-24-26-27-25-17/h1-4,7,13-14,16,26-27H,5-6,8H2,(H,24,25)(H,21,22,23). The van der Waals surface area contributed by atoms with Gasteiger partial charge in [-0.25, -0.2) is 10.5 Å². The van der Waals surface area contributed by atoms with E-state index < -0.39 is 0 Å². The number of nitrogens with one attached hydrogen (secondary N) is 4. The van der Waals surface area contributed by atoms with Crippen molar-refractivity contribution in [2.24, 2.45) is 5.10 Å². The molecule has 2 saturated heterocycles. The minimum absolute atomic E-state index is 0.0480. The number of amidine groups is 1. The van der Waals surface area contributed by atoms with Crippen molar-refractivity contribution in [1.29, 1.82) is 0 Å². The average Bonchev–Trinajstić information content (AvgIpc) is 3.54. The number of H-pyrrole nitrogens is 1. The highest BCUT2D eigenvalue weighted by Gasteiger charge is 2.43. The molecule has 6 rings (SSSR count). The number of halogens is 1. The van der Waals surface area contributed by atoms with Crippen LogP contribution in [0.25, 0.3) is 22.4 Å². The predicted molar refractivity (Wildman–Crippen MR) is 109 cm³/mol. The molecule has 0 spiro atoms. The summed E-state index contributed by atoms with van der Waals surface area (Å²) in [5.41, 5.74) is 12.0. The number of hydrogen-bond acceptors (Lipinski definition) is 9. The van der Waals surface area contributed by atoms with Crippen LogP contribution in [0.4, 0.5) is 0 Å². The van der Waals surface area contributed by atoms with Crippen LogP contribution in [-0.2, 0) is 9.47 Å². The number of rotatable bonds is 4. The van der Waals surface area contributed by atoms with Crippen LogP contribution in [0.15, 0.2) is 35.4 Å². The number of aromatic nitrogens is 3. The second-order valence-corrected chi connectivity index (χ2v) is 7.69. The first-order valence-corrected chi connectivity index (χ1v) is 10.0. The lowest BCUT2D eigenvalue weighted by molar-refractivity contribution is 0.0273. The molecular weight excluding hydrogens is 410 g/mol. The van der Waals surface area contributed by atoms with Crippen molar-refractivity contribution in [1.82, 2.24) is 31.4 Å². The fourth-order valence-electron chi connectivity index (χ4n) is 3.95. The van der Waals surface area contributed by atoms with E-state index >= 15 is 0 Å². The van der Waals surface area contributed by atoms with Crippen molar-refractivity contribution in [3.05, 3.63) is 40.9 Å². The van der Waals surface area contributed by atoms with E-state index in [1.165, 1.54) is 0 Å². The summed E-state index contributed by atoms with van der Waals surface area (Å²) in [6.07, 6.45) is 0.781. The normalized spacial score (nSPS) is 25.1. The maximum Gasteiger partial charge on any atom is 0.296 e. The molecule has 30 heavy (non-hydrogen) atoms. The molecule has 3 aliphatic heterocycles. The van der Waals surface area contributed by atoms with Crippen molar-refractivity contribution in [3.63, 3.8) is 0 Å². The van der Waals surface area contributed by atoms with E-state index in [4.69, 9.17) is 25.8 Å². The summed E-state index contributed by atoms with van der Waals surface area (Å²) in [6.45, 7) is 1.19. The second kappa shape index (κ2) is 7.10. The third-order valence-electron chi connectivity index (χ3n) is 5.42. The molecule has 3 atom stereocenters. The molecule has 3 aliphatic rings. The Labute approximate surface area is 175 Å². The number of imidazole rings is 1. The van der Waals surface area contributed by atoms with E-state index in [0.29, 0.717) is 46.9 Å². The summed E-state index contributed by atoms with van der Waals surface area (Å²) < 4.78 is 17.5. The van der Waals surface area contributed by atoms with E-state index in [0.717, 1.165) is 17.5 Å². The number of ether oxygens (including phenoxy) is 3. The summed E-state index contributed by atoms with van der Waals surface area (Å²) in [7, 11) is 0. The van der Waals surface area contributed by atoms with Crippen LogP contribution >= 0.6 is 11.6 Å². The van der Waals surface area contributed by atoms with Crippen LogP contribution in [-0.4, -0.2) is 52.3 Å². The fourth-order valence-corrected chi connectivity index (χ4v) is 4.21. The topological polar surface area (TPSA) is 118 Å². The van der Waals surface area contributed by atoms with E-state index in [1.54, 1.807) is 0 Å². The summed E-state index contributed by atoms with van der Waals surface area (Å²) in [5, 5.41) is 4.61. The van der Waals surface area contributed by atoms with Crippen LogP contribution in [0.1, 0.15) is 12.0 Å². The molecule has 11 heteroatoms. The van der Waals surface area contributed by atoms with Gasteiger partial charge in [0.05, 0.1) is 28.9 Å². The molecule has 3 aromatic rings. The van der Waals surface area contributed by atoms with E-state index in [2.05, 4.69) is 36.5 Å². The number of hydrogen-bond donors (Lipinski definition) is 4. The van der Waals surface area contributed by atoms with Crippen molar-refractivity contribution in [2.75, 3.05) is 13.2 Å². The lowest BCUT2D eigenvalue weighted by atomic mass is 10.1. The largest absolute Gasteiger partial charge is 0.456 e. The Kier molecular flexibility index (Phi) is 4.23. The molecule has 0 amide bonds. The van der Waals surface area contributed by atoms with Gasteiger partial charge in [-0.3, -0.25) is 5.43 Å². The van der Waals surface area contributed by atoms with Crippen LogP contribution in [0.2, 0.25) is 5.02 Å². The van der Waals surface area contributed by atoms with Gasteiger partial charge in [0.25, 0.3) is 6.01 Å². The van der Waals surface area contributed by atoms with Crippen molar-refractivity contribution >= 4 is 28.6 Å². The summed E-state index contributed by atoms with van der Waals surface area (Å²) in [4.78, 5) is 12.3. The SMILES string of the molecule is Clc1cc2[nH]c(OC3COC4CCOC43)nc2nc1-c1ccc(C2=NNNN2)cc1. The van der Waals surface area contributed by atoms with Crippen LogP contribution in [0.3, 0.4) is 0 Å². The highest BCUT2D eigenvalue weighted by Crippen LogP contribution is 2.32. The minimum Gasteiger partial charge on any atom is -0.456 e. The average molecular weight is 428 g/mol. The van der Waals surface area contributed by atoms with Crippen molar-refractivity contribution < 1.29 is 14.2 Å². The Hall–Kier alpha value is -2.92. The van der Waals surface area contributed by atoms with Gasteiger partial charge in [0, 0.05) is 17.7 Å². The Morgan fingerprint density at radius 2 is 1.97 bits per heavy atom. The lowest BCUT2D eigenvalue weighted by Gasteiger charge is -2.15. The van der Waals surface area contributed by atoms with Crippen LogP contribution in [0.5, 0.6) is 6.01 Å². The Balaban J connectivity index is 1.27. The maximum atomic E-state index is 6.51. The number of benzene rings is 1. The Bertz CT molecular complexity index is 1130. The molecule has 0 saturated carbocycles. The fraction of sp³-hybridized carbons (Fsp3) is 0.316. The Morgan fingerprint density at radius 1 is 1.10 bits per heavy atom. The third-order valence-corrected chi connectivity index (χ3v) is 5.71. The number of fused-ring (bicyclic) bond motifs is 2. The van der Waals surface area contributed by atoms with Crippen molar-refractivity contribution in [2.45, 2.75) is 24.7 Å². The van der Waals surface area contributed by atoms with E-state index in [1.807, 2.05) is 30.3 Å². The van der Waals surface area contributed by atoms with Gasteiger partial charge < -0.3 is 19.2 Å². The summed E-state index contributed by atoms with van der Waals surface area (Å²) >= 11 is 6.51. The van der Waals surface area contributed by atoms with Crippen LogP contribution in [0, 0.1) is 0 Å². The molecule has 1 aromatic carbocycles. The van der Waals surface area contributed by atoms with Gasteiger partial charge in [-0.05, 0) is 12.5 Å². The monoisotopic (exact) mass is 427 g/mol. The van der Waals surface area contributed by atoms with Crippen molar-refractivity contribution in [3.8, 4) is 17.3 Å². The zero-order chi connectivity index (χ0) is 20.1. The predicted octanol–water partition coefficient (Wildman–Crippen LogP) is 1.49. The summed E-state index contributed by atoms with van der Waals surface area (Å²) in [6, 6.07) is 9.95. The summed E-state index contributed by atoms with van der Waals surface area (Å²) in [5.74, 6) is 0.703. The number of nitrogens with zero attached hydrogens (tertiary/aromatic N) is 3. The molecule has 2 aromatic heterocycles. The molecule has 4 N–H and O–H groups in total. The molecular formula is C19H18ClN7O3. The molecule has 10 nitrogen and oxygen atoms in total. The lowest BCUT2D eigenvalue weighted by Crippen LogP contribution is -2.35. The number of hydrazine groups is 2.